The Bertz CT molecular complexity index is 831. The second kappa shape index (κ2) is 8.39. The van der Waals surface area contributed by atoms with Crippen LogP contribution in [0.2, 0.25) is 10.0 Å². The Morgan fingerprint density at radius 2 is 1.76 bits per heavy atom. The fourth-order valence-corrected chi connectivity index (χ4v) is 2.89. The van der Waals surface area contributed by atoms with Gasteiger partial charge in [-0.1, -0.05) is 47.5 Å². The standard InChI is InChI=1S/C19H19Cl2N3O/c20-15-9-7-14(8-10-15)19-18(25-12-4-3-11-22)13-23-24(19)17-6-2-1-5-16(17)21/h1-2,5-10,13H,3-4,11-12,22H2. The summed E-state index contributed by atoms with van der Waals surface area (Å²) in [4.78, 5) is 0. The van der Waals surface area contributed by atoms with Gasteiger partial charge in [-0.05, 0) is 43.7 Å². The van der Waals surface area contributed by atoms with E-state index in [0.29, 0.717) is 28.9 Å². The Morgan fingerprint density at radius 1 is 1.00 bits per heavy atom. The zero-order valence-electron chi connectivity index (χ0n) is 13.7. The number of aromatic nitrogens is 2. The van der Waals surface area contributed by atoms with Gasteiger partial charge in [0.1, 0.15) is 5.69 Å². The highest BCUT2D eigenvalue weighted by molar-refractivity contribution is 6.32. The summed E-state index contributed by atoms with van der Waals surface area (Å²) in [7, 11) is 0. The first-order chi connectivity index (χ1) is 12.2. The Balaban J connectivity index is 2.02. The first kappa shape index (κ1) is 17.8. The molecule has 25 heavy (non-hydrogen) atoms. The molecule has 0 bridgehead atoms. The number of rotatable bonds is 7. The fraction of sp³-hybridized carbons (Fsp3) is 0.211. The molecule has 0 saturated heterocycles. The average molecular weight is 376 g/mol. The topological polar surface area (TPSA) is 53.1 Å². The number of nitrogens with zero attached hydrogens (tertiary/aromatic N) is 2. The van der Waals surface area contributed by atoms with E-state index in [4.69, 9.17) is 33.7 Å². The van der Waals surface area contributed by atoms with Crippen molar-refractivity contribution in [2.45, 2.75) is 12.8 Å². The third kappa shape index (κ3) is 4.15. The quantitative estimate of drug-likeness (QED) is 0.593. The van der Waals surface area contributed by atoms with Crippen molar-refractivity contribution in [1.29, 1.82) is 0 Å². The maximum atomic E-state index is 6.36. The lowest BCUT2D eigenvalue weighted by molar-refractivity contribution is 0.309. The molecule has 0 amide bonds. The van der Waals surface area contributed by atoms with Crippen molar-refractivity contribution >= 4 is 23.2 Å². The first-order valence-electron chi connectivity index (χ1n) is 8.12. The molecule has 0 aliphatic heterocycles. The van der Waals surface area contributed by atoms with Gasteiger partial charge in [0.05, 0.1) is 23.5 Å². The molecule has 0 radical (unpaired) electrons. The maximum absolute atomic E-state index is 6.36. The number of nitrogens with two attached hydrogens (primary N) is 1. The van der Waals surface area contributed by atoms with E-state index in [9.17, 15) is 0 Å². The van der Waals surface area contributed by atoms with Crippen LogP contribution in [0.3, 0.4) is 0 Å². The van der Waals surface area contributed by atoms with Crippen LogP contribution in [0.4, 0.5) is 0 Å². The SMILES string of the molecule is NCCCCOc1cnn(-c2ccccc2Cl)c1-c1ccc(Cl)cc1. The first-order valence-corrected chi connectivity index (χ1v) is 8.88. The number of hydrogen-bond donors (Lipinski definition) is 1. The summed E-state index contributed by atoms with van der Waals surface area (Å²) in [5, 5.41) is 5.79. The predicted molar refractivity (Wildman–Crippen MR) is 103 cm³/mol. The molecule has 0 aliphatic rings. The van der Waals surface area contributed by atoms with E-state index in [1.54, 1.807) is 10.9 Å². The molecule has 3 aromatic rings. The van der Waals surface area contributed by atoms with Crippen molar-refractivity contribution < 1.29 is 4.74 Å². The number of benzene rings is 2. The molecule has 1 heterocycles. The summed E-state index contributed by atoms with van der Waals surface area (Å²) in [6, 6.07) is 15.2. The van der Waals surface area contributed by atoms with Crippen LogP contribution in [0.1, 0.15) is 12.8 Å². The second-order valence-electron chi connectivity index (χ2n) is 5.57. The molecule has 1 aromatic heterocycles. The number of para-hydroxylation sites is 1. The summed E-state index contributed by atoms with van der Waals surface area (Å²) in [5.74, 6) is 0.708. The van der Waals surface area contributed by atoms with Crippen LogP contribution in [0.25, 0.3) is 16.9 Å². The van der Waals surface area contributed by atoms with Crippen molar-refractivity contribution in [2.24, 2.45) is 5.73 Å². The van der Waals surface area contributed by atoms with Crippen LogP contribution >= 0.6 is 23.2 Å². The Labute approximate surface area is 157 Å². The van der Waals surface area contributed by atoms with Crippen molar-refractivity contribution in [3.63, 3.8) is 0 Å². The maximum Gasteiger partial charge on any atom is 0.165 e. The van der Waals surface area contributed by atoms with E-state index in [1.165, 1.54) is 0 Å². The summed E-state index contributed by atoms with van der Waals surface area (Å²) >= 11 is 12.4. The molecule has 2 N–H and O–H groups in total. The largest absolute Gasteiger partial charge is 0.490 e. The van der Waals surface area contributed by atoms with Crippen LogP contribution in [0.5, 0.6) is 5.75 Å². The van der Waals surface area contributed by atoms with Gasteiger partial charge < -0.3 is 10.5 Å². The highest BCUT2D eigenvalue weighted by atomic mass is 35.5. The highest BCUT2D eigenvalue weighted by Gasteiger charge is 2.17. The van der Waals surface area contributed by atoms with E-state index < -0.39 is 0 Å². The smallest absolute Gasteiger partial charge is 0.165 e. The van der Waals surface area contributed by atoms with E-state index in [-0.39, 0.29) is 0 Å². The minimum Gasteiger partial charge on any atom is -0.490 e. The number of unbranched alkanes of at least 4 members (excludes halogenated alkanes) is 1. The van der Waals surface area contributed by atoms with E-state index in [1.807, 2.05) is 48.5 Å². The minimum atomic E-state index is 0.589. The number of hydrogen-bond acceptors (Lipinski definition) is 3. The molecule has 0 unspecified atom stereocenters. The highest BCUT2D eigenvalue weighted by Crippen LogP contribution is 2.34. The van der Waals surface area contributed by atoms with Crippen LogP contribution in [-0.2, 0) is 0 Å². The normalized spacial score (nSPS) is 10.8. The van der Waals surface area contributed by atoms with E-state index in [2.05, 4.69) is 5.10 Å². The van der Waals surface area contributed by atoms with Crippen LogP contribution in [0.15, 0.2) is 54.7 Å². The number of ether oxygens (including phenoxy) is 1. The van der Waals surface area contributed by atoms with Crippen molar-refractivity contribution in [3.8, 4) is 22.7 Å². The molecule has 6 heteroatoms. The number of halogens is 2. The van der Waals surface area contributed by atoms with Gasteiger partial charge in [0.25, 0.3) is 0 Å². The average Bonchev–Trinajstić information content (AvgIpc) is 3.03. The van der Waals surface area contributed by atoms with Gasteiger partial charge in [-0.15, -0.1) is 0 Å². The molecule has 0 spiro atoms. The van der Waals surface area contributed by atoms with Gasteiger partial charge in [-0.25, -0.2) is 4.68 Å². The third-order valence-electron chi connectivity index (χ3n) is 3.79. The van der Waals surface area contributed by atoms with E-state index in [0.717, 1.165) is 29.8 Å². The van der Waals surface area contributed by atoms with Gasteiger partial charge in [0, 0.05) is 10.6 Å². The van der Waals surface area contributed by atoms with Crippen LogP contribution in [0, 0.1) is 0 Å². The lowest BCUT2D eigenvalue weighted by atomic mass is 10.1. The van der Waals surface area contributed by atoms with Gasteiger partial charge in [0.15, 0.2) is 5.75 Å². The van der Waals surface area contributed by atoms with Crippen LogP contribution in [-0.4, -0.2) is 22.9 Å². The lowest BCUT2D eigenvalue weighted by Crippen LogP contribution is -2.04. The zero-order valence-corrected chi connectivity index (χ0v) is 15.2. The lowest BCUT2D eigenvalue weighted by Gasteiger charge is -2.12. The molecule has 130 valence electrons. The van der Waals surface area contributed by atoms with Crippen molar-refractivity contribution in [1.82, 2.24) is 9.78 Å². The van der Waals surface area contributed by atoms with Crippen molar-refractivity contribution in [2.75, 3.05) is 13.2 Å². The summed E-state index contributed by atoms with van der Waals surface area (Å²) in [6.45, 7) is 1.25. The summed E-state index contributed by atoms with van der Waals surface area (Å²) in [6.07, 6.45) is 3.54. The van der Waals surface area contributed by atoms with Gasteiger partial charge in [-0.3, -0.25) is 0 Å². The molecule has 0 aliphatic carbocycles. The molecule has 4 nitrogen and oxygen atoms in total. The van der Waals surface area contributed by atoms with Gasteiger partial charge in [-0.2, -0.15) is 5.10 Å². The predicted octanol–water partition coefficient (Wildman–Crippen LogP) is 4.96. The summed E-state index contributed by atoms with van der Waals surface area (Å²) < 4.78 is 7.75. The van der Waals surface area contributed by atoms with Gasteiger partial charge >= 0.3 is 0 Å². The van der Waals surface area contributed by atoms with Crippen LogP contribution < -0.4 is 10.5 Å². The van der Waals surface area contributed by atoms with Gasteiger partial charge in [0.2, 0.25) is 0 Å². The summed E-state index contributed by atoms with van der Waals surface area (Å²) in [5.41, 5.74) is 8.14. The molecule has 0 saturated carbocycles. The second-order valence-corrected chi connectivity index (χ2v) is 6.42. The Morgan fingerprint density at radius 3 is 2.48 bits per heavy atom. The van der Waals surface area contributed by atoms with Crippen molar-refractivity contribution in [3.05, 3.63) is 64.8 Å². The molecule has 3 rings (SSSR count). The fourth-order valence-electron chi connectivity index (χ4n) is 2.55. The monoisotopic (exact) mass is 375 g/mol. The Hall–Kier alpha value is -2.01. The zero-order chi connectivity index (χ0) is 17.6. The Kier molecular flexibility index (Phi) is 5.97. The molecule has 0 atom stereocenters. The molecular weight excluding hydrogens is 357 g/mol. The van der Waals surface area contributed by atoms with E-state index >= 15 is 0 Å². The molecule has 2 aromatic carbocycles. The molecular formula is C19H19Cl2N3O. The minimum absolute atomic E-state index is 0.589. The molecule has 0 fully saturated rings. The third-order valence-corrected chi connectivity index (χ3v) is 4.36.